The number of nitrogens with zero attached hydrogens (tertiary/aromatic N) is 4. The average Bonchev–Trinajstić information content (AvgIpc) is 3.33. The van der Waals surface area contributed by atoms with Crippen LogP contribution in [0.25, 0.3) is 11.1 Å². The molecule has 362 valence electrons. The van der Waals surface area contributed by atoms with Gasteiger partial charge in [-0.3, -0.25) is 19.6 Å². The first-order chi connectivity index (χ1) is 33.7. The Kier molecular flexibility index (Phi) is 18.9. The molecule has 0 aliphatic carbocycles. The summed E-state index contributed by atoms with van der Waals surface area (Å²) in [6.45, 7) is 4.83. The van der Waals surface area contributed by atoms with Crippen molar-refractivity contribution < 1.29 is 49.0 Å². The van der Waals surface area contributed by atoms with Gasteiger partial charge in [-0.25, -0.2) is 0 Å². The number of benzene rings is 4. The summed E-state index contributed by atoms with van der Waals surface area (Å²) >= 11 is 13.6. The number of aliphatic hydroxyl groups excluding tert-OH is 2. The van der Waals surface area contributed by atoms with E-state index in [-0.39, 0.29) is 52.6 Å². The molecule has 6 N–H and O–H groups in total. The van der Waals surface area contributed by atoms with Crippen LogP contribution in [-0.2, 0) is 49.1 Å². The fourth-order valence-corrected chi connectivity index (χ4v) is 7.83. The van der Waals surface area contributed by atoms with E-state index in [0.717, 1.165) is 33.4 Å². The van der Waals surface area contributed by atoms with Crippen molar-refractivity contribution in [1.82, 2.24) is 20.6 Å². The minimum Gasteiger partial charge on any atom is -0.487 e. The van der Waals surface area contributed by atoms with Crippen molar-refractivity contribution in [3.8, 4) is 46.3 Å². The molecule has 0 radical (unpaired) electrons. The summed E-state index contributed by atoms with van der Waals surface area (Å²) in [4.78, 5) is 30.7. The van der Waals surface area contributed by atoms with Crippen LogP contribution in [0.5, 0.6) is 23.0 Å². The van der Waals surface area contributed by atoms with Gasteiger partial charge in [0.15, 0.2) is 0 Å². The van der Waals surface area contributed by atoms with Gasteiger partial charge in [-0.2, -0.15) is 10.5 Å². The monoisotopic (exact) mass is 988 g/mol. The van der Waals surface area contributed by atoms with Gasteiger partial charge in [-0.05, 0) is 83.6 Å². The minimum absolute atomic E-state index is 0.0179. The van der Waals surface area contributed by atoms with E-state index in [1.54, 1.807) is 48.5 Å². The Bertz CT molecular complexity index is 2710. The maximum Gasteiger partial charge on any atom is 0.306 e. The summed E-state index contributed by atoms with van der Waals surface area (Å²) in [5.41, 5.74) is 8.84. The van der Waals surface area contributed by atoms with Crippen molar-refractivity contribution >= 4 is 35.1 Å². The van der Waals surface area contributed by atoms with E-state index in [9.17, 15) is 30.3 Å². The molecule has 0 aliphatic rings. The molecule has 6 rings (SSSR count). The summed E-state index contributed by atoms with van der Waals surface area (Å²) in [5.74, 6) is -0.715. The number of hydrogen-bond acceptors (Lipinski definition) is 14. The normalized spacial score (nSPS) is 11.8. The molecular formula is C52H50Cl2N6O10. The van der Waals surface area contributed by atoms with Crippen molar-refractivity contribution in [2.45, 2.75) is 78.4 Å². The zero-order valence-electron chi connectivity index (χ0n) is 38.2. The van der Waals surface area contributed by atoms with Gasteiger partial charge in [0, 0.05) is 61.8 Å². The highest BCUT2D eigenvalue weighted by Gasteiger charge is 2.19. The Labute approximate surface area is 414 Å². The number of ether oxygens (including phenoxy) is 4. The molecule has 6 aromatic rings. The molecule has 0 aliphatic heterocycles. The third kappa shape index (κ3) is 14.9. The first kappa shape index (κ1) is 52.1. The molecule has 2 heterocycles. The second-order valence-corrected chi connectivity index (χ2v) is 17.0. The lowest BCUT2D eigenvalue weighted by molar-refractivity contribution is -0.140. The molecule has 0 saturated heterocycles. The van der Waals surface area contributed by atoms with Gasteiger partial charge >= 0.3 is 11.9 Å². The lowest BCUT2D eigenvalue weighted by Gasteiger charge is -2.19. The molecule has 0 fully saturated rings. The van der Waals surface area contributed by atoms with Crippen LogP contribution >= 0.6 is 23.2 Å². The van der Waals surface area contributed by atoms with E-state index in [2.05, 4.69) is 32.7 Å². The summed E-state index contributed by atoms with van der Waals surface area (Å²) in [7, 11) is 0. The van der Waals surface area contributed by atoms with Crippen LogP contribution in [0.4, 0.5) is 0 Å². The van der Waals surface area contributed by atoms with E-state index in [1.807, 2.05) is 50.2 Å². The maximum atomic E-state index is 11.1. The van der Waals surface area contributed by atoms with Gasteiger partial charge in [-0.1, -0.05) is 59.6 Å². The number of hydrogen-bond donors (Lipinski definition) is 6. The van der Waals surface area contributed by atoms with Crippen LogP contribution < -0.4 is 29.6 Å². The topological polar surface area (TPSA) is 249 Å². The predicted octanol–water partition coefficient (Wildman–Crippen LogP) is 7.98. The highest BCUT2D eigenvalue weighted by atomic mass is 35.5. The standard InChI is InChI=1S/C52H50Cl2N6O10/c1-31-35(27-67-49-19-47(69-29-39-13-33(21-55)9-11-59-39)37(15-45(49)53)23-57-25-41(61)17-51(63)64)5-3-7-43(31)44-8-4-6-36(32(44)2)28-68-50-20-48(70-30-40-14-34(22-56)10-12-60-40)38(16-46(50)54)24-58-26-42(62)18-52(65)66/h3-16,19-20,41-42,57-58,61-62H,17-18,23-30H2,1-2H3,(H,63,64)(H,65,66). The molecular weight excluding hydrogens is 940 g/mol. The molecule has 2 unspecified atom stereocenters. The lowest BCUT2D eigenvalue weighted by atomic mass is 9.92. The number of nitriles is 2. The van der Waals surface area contributed by atoms with Crippen LogP contribution in [0.2, 0.25) is 10.0 Å². The molecule has 2 atom stereocenters. The molecule has 2 aromatic heterocycles. The number of nitrogens with one attached hydrogen (secondary N) is 2. The Morgan fingerprint density at radius 1 is 0.586 bits per heavy atom. The van der Waals surface area contributed by atoms with Crippen LogP contribution in [0.1, 0.15) is 68.7 Å². The van der Waals surface area contributed by atoms with Gasteiger partial charge in [0.25, 0.3) is 0 Å². The van der Waals surface area contributed by atoms with E-state index in [1.165, 1.54) is 12.4 Å². The summed E-state index contributed by atoms with van der Waals surface area (Å²) in [6, 6.07) is 29.2. The number of pyridine rings is 2. The number of carbonyl (C=O) groups is 2. The Morgan fingerprint density at radius 2 is 0.986 bits per heavy atom. The van der Waals surface area contributed by atoms with E-state index in [0.29, 0.717) is 66.7 Å². The van der Waals surface area contributed by atoms with Crippen molar-refractivity contribution in [3.63, 3.8) is 0 Å². The number of rotatable bonds is 25. The Balaban J connectivity index is 1.18. The molecule has 0 spiro atoms. The van der Waals surface area contributed by atoms with Gasteiger partial charge in [-0.15, -0.1) is 0 Å². The van der Waals surface area contributed by atoms with E-state index in [4.69, 9.17) is 52.4 Å². The van der Waals surface area contributed by atoms with E-state index < -0.39 is 37.0 Å². The molecule has 4 aromatic carbocycles. The van der Waals surface area contributed by atoms with Crippen LogP contribution in [-0.4, -0.2) is 67.6 Å². The third-order valence-electron chi connectivity index (χ3n) is 11.0. The van der Waals surface area contributed by atoms with Crippen molar-refractivity contribution in [3.05, 3.63) is 163 Å². The first-order valence-corrected chi connectivity index (χ1v) is 22.7. The van der Waals surface area contributed by atoms with Crippen molar-refractivity contribution in [1.29, 1.82) is 10.5 Å². The van der Waals surface area contributed by atoms with Crippen molar-refractivity contribution in [2.24, 2.45) is 0 Å². The summed E-state index contributed by atoms with van der Waals surface area (Å²) in [5, 5.41) is 63.7. The Hall–Kier alpha value is -7.28. The zero-order valence-corrected chi connectivity index (χ0v) is 39.8. The molecule has 0 bridgehead atoms. The smallest absolute Gasteiger partial charge is 0.306 e. The number of aromatic nitrogens is 2. The second-order valence-electron chi connectivity index (χ2n) is 16.2. The second kappa shape index (κ2) is 25.4. The quantitative estimate of drug-likeness (QED) is 0.0318. The first-order valence-electron chi connectivity index (χ1n) is 22.0. The number of carboxylic acids is 2. The lowest BCUT2D eigenvalue weighted by Crippen LogP contribution is -2.28. The molecule has 18 heteroatoms. The number of aliphatic carboxylic acids is 2. The number of halogens is 2. The van der Waals surface area contributed by atoms with Crippen LogP contribution in [0.3, 0.4) is 0 Å². The summed E-state index contributed by atoms with van der Waals surface area (Å²) < 4.78 is 25.0. The molecule has 0 amide bonds. The maximum absolute atomic E-state index is 11.1. The molecule has 16 nitrogen and oxygen atoms in total. The van der Waals surface area contributed by atoms with Crippen LogP contribution in [0, 0.1) is 36.5 Å². The fourth-order valence-electron chi connectivity index (χ4n) is 7.34. The number of aliphatic hydroxyl groups is 2. The van der Waals surface area contributed by atoms with Gasteiger partial charge in [0.2, 0.25) is 0 Å². The van der Waals surface area contributed by atoms with E-state index >= 15 is 0 Å². The fraction of sp³-hybridized carbons (Fsp3) is 0.269. The van der Waals surface area contributed by atoms with Gasteiger partial charge in [0.1, 0.15) is 49.4 Å². The van der Waals surface area contributed by atoms with Crippen molar-refractivity contribution in [2.75, 3.05) is 13.1 Å². The van der Waals surface area contributed by atoms with Gasteiger partial charge < -0.3 is 50.0 Å². The number of carboxylic acid groups (broad SMARTS) is 2. The SMILES string of the molecule is Cc1c(COc2cc(OCc3cc(C#N)ccn3)c(CNCC(O)CC(=O)O)cc2Cl)cccc1-c1cccc(COc2cc(OCc3cc(C#N)ccn3)c(CNCC(O)CC(=O)O)cc2Cl)c1C. The average molecular weight is 990 g/mol. The van der Waals surface area contributed by atoms with Crippen LogP contribution in [0.15, 0.2) is 97.3 Å². The third-order valence-corrected chi connectivity index (χ3v) is 11.6. The highest BCUT2D eigenvalue weighted by molar-refractivity contribution is 6.32. The zero-order chi connectivity index (χ0) is 50.2. The largest absolute Gasteiger partial charge is 0.487 e. The van der Waals surface area contributed by atoms with Gasteiger partial charge in [0.05, 0.1) is 69.7 Å². The predicted molar refractivity (Wildman–Crippen MR) is 259 cm³/mol. The molecule has 0 saturated carbocycles. The minimum atomic E-state index is -1.12. The highest BCUT2D eigenvalue weighted by Crippen LogP contribution is 2.37. The Morgan fingerprint density at radius 3 is 1.37 bits per heavy atom. The summed E-state index contributed by atoms with van der Waals surface area (Å²) in [6.07, 6.45) is 0.0228. The molecule has 70 heavy (non-hydrogen) atoms.